The zero-order valence-corrected chi connectivity index (χ0v) is 9.05. The smallest absolute Gasteiger partial charge is 0.0707 e. The normalized spacial score (nSPS) is 31.1. The molecule has 2 rings (SSSR count). The Bertz CT molecular complexity index is 174. The summed E-state index contributed by atoms with van der Waals surface area (Å²) in [6.07, 6.45) is 4.13. The summed E-state index contributed by atoms with van der Waals surface area (Å²) in [6, 6.07) is 0. The average molecular weight is 199 g/mol. The molecule has 2 saturated heterocycles. The van der Waals surface area contributed by atoms with Crippen LogP contribution in [0.4, 0.5) is 0 Å². The molecule has 14 heavy (non-hydrogen) atoms. The molecule has 0 aliphatic carbocycles. The Hall–Kier alpha value is -0.120. The summed E-state index contributed by atoms with van der Waals surface area (Å²) in [5, 5.41) is 3.38. The van der Waals surface area contributed by atoms with Gasteiger partial charge < -0.3 is 14.8 Å². The van der Waals surface area contributed by atoms with Crippen molar-refractivity contribution in [3.8, 4) is 0 Å². The number of hydrogen-bond acceptors (Lipinski definition) is 3. The minimum absolute atomic E-state index is 0.416. The summed E-state index contributed by atoms with van der Waals surface area (Å²) in [5.74, 6) is 0. The molecule has 3 nitrogen and oxygen atoms in total. The molecule has 2 aliphatic rings. The van der Waals surface area contributed by atoms with Crippen LogP contribution in [0.5, 0.6) is 0 Å². The number of morpholine rings is 1. The lowest BCUT2D eigenvalue weighted by atomic mass is 9.76. The van der Waals surface area contributed by atoms with Crippen molar-refractivity contribution in [2.45, 2.75) is 32.3 Å². The molecule has 0 bridgehead atoms. The van der Waals surface area contributed by atoms with Gasteiger partial charge in [0.2, 0.25) is 0 Å². The van der Waals surface area contributed by atoms with Gasteiger partial charge in [0.05, 0.1) is 25.9 Å². The third kappa shape index (κ3) is 2.27. The van der Waals surface area contributed by atoms with Gasteiger partial charge in [0, 0.05) is 18.5 Å². The third-order valence-corrected chi connectivity index (χ3v) is 3.26. The lowest BCUT2D eigenvalue weighted by molar-refractivity contribution is -0.145. The first-order valence-electron chi connectivity index (χ1n) is 5.75. The van der Waals surface area contributed by atoms with Crippen molar-refractivity contribution in [1.82, 2.24) is 5.32 Å². The Labute approximate surface area is 86.2 Å². The molecule has 0 aromatic heterocycles. The summed E-state index contributed by atoms with van der Waals surface area (Å²) < 4.78 is 11.1. The van der Waals surface area contributed by atoms with Crippen LogP contribution in [0.25, 0.3) is 0 Å². The topological polar surface area (TPSA) is 30.5 Å². The Morgan fingerprint density at radius 3 is 2.79 bits per heavy atom. The second kappa shape index (κ2) is 4.60. The van der Waals surface area contributed by atoms with Gasteiger partial charge in [0.25, 0.3) is 0 Å². The molecule has 3 heteroatoms. The Balaban J connectivity index is 1.80. The maximum atomic E-state index is 5.74. The molecule has 1 N–H and O–H groups in total. The van der Waals surface area contributed by atoms with E-state index in [-0.39, 0.29) is 0 Å². The van der Waals surface area contributed by atoms with Crippen molar-refractivity contribution in [3.63, 3.8) is 0 Å². The number of ether oxygens (including phenoxy) is 2. The molecule has 0 aromatic rings. The van der Waals surface area contributed by atoms with Crippen LogP contribution >= 0.6 is 0 Å². The maximum Gasteiger partial charge on any atom is 0.0707 e. The predicted octanol–water partition coefficient (Wildman–Crippen LogP) is 1.18. The van der Waals surface area contributed by atoms with Gasteiger partial charge in [-0.3, -0.25) is 0 Å². The fourth-order valence-corrected chi connectivity index (χ4v) is 2.52. The van der Waals surface area contributed by atoms with Crippen LogP contribution in [0.1, 0.15) is 26.2 Å². The molecule has 2 fully saturated rings. The largest absolute Gasteiger partial charge is 0.380 e. The van der Waals surface area contributed by atoms with E-state index in [1.807, 2.05) is 0 Å². The molecule has 1 atom stereocenters. The first kappa shape index (κ1) is 10.4. The van der Waals surface area contributed by atoms with Crippen molar-refractivity contribution in [2.75, 3.05) is 32.9 Å². The summed E-state index contributed by atoms with van der Waals surface area (Å²) >= 11 is 0. The van der Waals surface area contributed by atoms with Gasteiger partial charge in [-0.05, 0) is 12.8 Å². The maximum absolute atomic E-state index is 5.74. The molecule has 82 valence electrons. The van der Waals surface area contributed by atoms with Gasteiger partial charge in [0.15, 0.2) is 0 Å². The van der Waals surface area contributed by atoms with E-state index >= 15 is 0 Å². The molecule has 2 aliphatic heterocycles. The van der Waals surface area contributed by atoms with E-state index in [4.69, 9.17) is 9.47 Å². The highest BCUT2D eigenvalue weighted by Gasteiger charge is 2.40. The lowest BCUT2D eigenvalue weighted by Crippen LogP contribution is -2.49. The zero-order valence-electron chi connectivity index (χ0n) is 9.05. The quantitative estimate of drug-likeness (QED) is 0.737. The first-order chi connectivity index (χ1) is 6.85. The molecule has 0 saturated carbocycles. The van der Waals surface area contributed by atoms with Crippen molar-refractivity contribution in [3.05, 3.63) is 0 Å². The first-order valence-corrected chi connectivity index (χ1v) is 5.75. The van der Waals surface area contributed by atoms with Crippen molar-refractivity contribution < 1.29 is 9.47 Å². The van der Waals surface area contributed by atoms with E-state index < -0.39 is 0 Å². The third-order valence-electron chi connectivity index (χ3n) is 3.26. The SMILES string of the molecule is CCCC1(CC2CNCCO2)COC1. The highest BCUT2D eigenvalue weighted by Crippen LogP contribution is 2.38. The highest BCUT2D eigenvalue weighted by molar-refractivity contribution is 4.89. The van der Waals surface area contributed by atoms with E-state index in [2.05, 4.69) is 12.2 Å². The molecule has 0 aromatic carbocycles. The zero-order chi connectivity index (χ0) is 9.86. The number of hydrogen-bond donors (Lipinski definition) is 1. The van der Waals surface area contributed by atoms with Gasteiger partial charge in [0.1, 0.15) is 0 Å². The van der Waals surface area contributed by atoms with Gasteiger partial charge in [-0.25, -0.2) is 0 Å². The van der Waals surface area contributed by atoms with Crippen LogP contribution in [0.2, 0.25) is 0 Å². The Morgan fingerprint density at radius 2 is 2.29 bits per heavy atom. The molecule has 0 spiro atoms. The van der Waals surface area contributed by atoms with E-state index in [1.54, 1.807) is 0 Å². The molecular weight excluding hydrogens is 178 g/mol. The van der Waals surface area contributed by atoms with Gasteiger partial charge in [-0.2, -0.15) is 0 Å². The van der Waals surface area contributed by atoms with Crippen LogP contribution < -0.4 is 5.32 Å². The highest BCUT2D eigenvalue weighted by atomic mass is 16.5. The van der Waals surface area contributed by atoms with Crippen molar-refractivity contribution in [2.24, 2.45) is 5.41 Å². The summed E-state index contributed by atoms with van der Waals surface area (Å²) in [7, 11) is 0. The lowest BCUT2D eigenvalue weighted by Gasteiger charge is -2.44. The monoisotopic (exact) mass is 199 g/mol. The molecular formula is C11H21NO2. The van der Waals surface area contributed by atoms with Gasteiger partial charge in [-0.15, -0.1) is 0 Å². The Kier molecular flexibility index (Phi) is 3.42. The van der Waals surface area contributed by atoms with Crippen LogP contribution in [-0.4, -0.2) is 39.0 Å². The van der Waals surface area contributed by atoms with E-state index in [0.29, 0.717) is 11.5 Å². The molecule has 2 heterocycles. The van der Waals surface area contributed by atoms with Gasteiger partial charge >= 0.3 is 0 Å². The van der Waals surface area contributed by atoms with Crippen LogP contribution in [0.15, 0.2) is 0 Å². The average Bonchev–Trinajstić information content (AvgIpc) is 2.16. The summed E-state index contributed by atoms with van der Waals surface area (Å²) in [4.78, 5) is 0. The number of nitrogens with one attached hydrogen (secondary N) is 1. The van der Waals surface area contributed by atoms with Crippen LogP contribution in [-0.2, 0) is 9.47 Å². The number of rotatable bonds is 4. The molecule has 0 radical (unpaired) electrons. The summed E-state index contributed by atoms with van der Waals surface area (Å²) in [6.45, 7) is 7.04. The van der Waals surface area contributed by atoms with Gasteiger partial charge in [-0.1, -0.05) is 13.3 Å². The molecule has 0 amide bonds. The summed E-state index contributed by atoms with van der Waals surface area (Å²) in [5.41, 5.74) is 0.443. The minimum atomic E-state index is 0.416. The van der Waals surface area contributed by atoms with E-state index in [0.717, 1.165) is 32.9 Å². The Morgan fingerprint density at radius 1 is 1.43 bits per heavy atom. The van der Waals surface area contributed by atoms with Crippen LogP contribution in [0.3, 0.4) is 0 Å². The van der Waals surface area contributed by atoms with Crippen LogP contribution in [0, 0.1) is 5.41 Å². The molecule has 1 unspecified atom stereocenters. The van der Waals surface area contributed by atoms with Crippen molar-refractivity contribution in [1.29, 1.82) is 0 Å². The van der Waals surface area contributed by atoms with E-state index in [1.165, 1.54) is 19.3 Å². The predicted molar refractivity (Wildman–Crippen MR) is 55.4 cm³/mol. The fourth-order valence-electron chi connectivity index (χ4n) is 2.52. The standard InChI is InChI=1S/C11H21NO2/c1-2-3-11(8-13-9-11)6-10-7-12-4-5-14-10/h10,12H,2-9H2,1H3. The van der Waals surface area contributed by atoms with E-state index in [9.17, 15) is 0 Å². The second-order valence-corrected chi connectivity index (χ2v) is 4.64. The second-order valence-electron chi connectivity index (χ2n) is 4.64. The fraction of sp³-hybridized carbons (Fsp3) is 1.00. The van der Waals surface area contributed by atoms with Crippen molar-refractivity contribution >= 4 is 0 Å². The minimum Gasteiger partial charge on any atom is -0.380 e.